The normalized spacial score (nSPS) is 11.7. The summed E-state index contributed by atoms with van der Waals surface area (Å²) < 4.78 is 27.6. The predicted molar refractivity (Wildman–Crippen MR) is 113 cm³/mol. The van der Waals surface area contributed by atoms with Crippen LogP contribution < -0.4 is 5.32 Å². The van der Waals surface area contributed by atoms with E-state index in [1.807, 2.05) is 13.8 Å². The first kappa shape index (κ1) is 22.5. The number of rotatable bonds is 11. The molecule has 8 heteroatoms. The number of amides is 1. The van der Waals surface area contributed by atoms with Gasteiger partial charge in [-0.2, -0.15) is 4.31 Å². The minimum atomic E-state index is -3.62. The molecule has 1 aromatic heterocycles. The van der Waals surface area contributed by atoms with E-state index in [2.05, 4.69) is 17.2 Å². The van der Waals surface area contributed by atoms with Crippen LogP contribution in [0.5, 0.6) is 0 Å². The fourth-order valence-electron chi connectivity index (χ4n) is 2.59. The van der Waals surface area contributed by atoms with Gasteiger partial charge < -0.3 is 5.32 Å². The standard InChI is InChI=1S/C20H29N3O3S2/c1-4-6-12-21-20(24)18-15-27-19(22-18)14-23(13-7-5-2)28(25,26)17-10-8-16(3)9-11-17/h8-11,15H,4-7,12-14H2,1-3H3,(H,21,24). The van der Waals surface area contributed by atoms with Crippen LogP contribution in [0, 0.1) is 6.92 Å². The Balaban J connectivity index is 2.16. The van der Waals surface area contributed by atoms with Crippen molar-refractivity contribution in [2.75, 3.05) is 13.1 Å². The molecule has 1 heterocycles. The molecule has 0 aliphatic carbocycles. The molecule has 2 aromatic rings. The van der Waals surface area contributed by atoms with Crippen molar-refractivity contribution in [2.24, 2.45) is 0 Å². The minimum Gasteiger partial charge on any atom is -0.351 e. The number of carbonyl (C=O) groups excluding carboxylic acids is 1. The summed E-state index contributed by atoms with van der Waals surface area (Å²) in [6.45, 7) is 7.22. The van der Waals surface area contributed by atoms with E-state index in [0.717, 1.165) is 31.2 Å². The van der Waals surface area contributed by atoms with Gasteiger partial charge in [-0.15, -0.1) is 11.3 Å². The van der Waals surface area contributed by atoms with Gasteiger partial charge in [0, 0.05) is 18.5 Å². The summed E-state index contributed by atoms with van der Waals surface area (Å²) in [6, 6.07) is 6.87. The van der Waals surface area contributed by atoms with Gasteiger partial charge in [-0.25, -0.2) is 13.4 Å². The summed E-state index contributed by atoms with van der Waals surface area (Å²) in [5.74, 6) is -0.211. The van der Waals surface area contributed by atoms with Crippen molar-refractivity contribution >= 4 is 27.3 Å². The SMILES string of the molecule is CCCCNC(=O)c1csc(CN(CCCC)S(=O)(=O)c2ccc(C)cc2)n1. The number of hydrogen-bond acceptors (Lipinski definition) is 5. The van der Waals surface area contributed by atoms with E-state index in [1.54, 1.807) is 29.6 Å². The van der Waals surface area contributed by atoms with E-state index in [-0.39, 0.29) is 17.3 Å². The van der Waals surface area contributed by atoms with Crippen molar-refractivity contribution in [3.05, 3.63) is 45.9 Å². The summed E-state index contributed by atoms with van der Waals surface area (Å²) in [5, 5.41) is 5.14. The van der Waals surface area contributed by atoms with E-state index in [0.29, 0.717) is 23.8 Å². The lowest BCUT2D eigenvalue weighted by molar-refractivity contribution is 0.0948. The molecular weight excluding hydrogens is 394 g/mol. The van der Waals surface area contributed by atoms with Crippen LogP contribution in [0.3, 0.4) is 0 Å². The molecule has 0 spiro atoms. The molecule has 0 atom stereocenters. The van der Waals surface area contributed by atoms with Gasteiger partial charge in [-0.1, -0.05) is 44.4 Å². The molecule has 0 bridgehead atoms. The molecule has 28 heavy (non-hydrogen) atoms. The van der Waals surface area contributed by atoms with Crippen molar-refractivity contribution in [1.29, 1.82) is 0 Å². The highest BCUT2D eigenvalue weighted by molar-refractivity contribution is 7.89. The third kappa shape index (κ3) is 6.12. The molecule has 0 aliphatic rings. The maximum absolute atomic E-state index is 13.1. The Morgan fingerprint density at radius 2 is 1.82 bits per heavy atom. The summed E-state index contributed by atoms with van der Waals surface area (Å²) in [7, 11) is -3.62. The Morgan fingerprint density at radius 1 is 1.14 bits per heavy atom. The number of benzene rings is 1. The zero-order valence-electron chi connectivity index (χ0n) is 16.8. The Bertz CT molecular complexity index is 861. The van der Waals surface area contributed by atoms with Crippen LogP contribution in [-0.4, -0.2) is 36.7 Å². The molecule has 1 aromatic carbocycles. The number of hydrogen-bond donors (Lipinski definition) is 1. The zero-order chi connectivity index (χ0) is 20.6. The molecular formula is C20H29N3O3S2. The first-order chi connectivity index (χ1) is 13.4. The predicted octanol–water partition coefficient (Wildman–Crippen LogP) is 3.97. The number of aryl methyl sites for hydroxylation is 1. The Hall–Kier alpha value is -1.77. The molecule has 1 N–H and O–H groups in total. The molecule has 2 rings (SSSR count). The Labute approximate surface area is 172 Å². The second-order valence-corrected chi connectivity index (χ2v) is 9.62. The van der Waals surface area contributed by atoms with Crippen molar-refractivity contribution in [3.63, 3.8) is 0 Å². The first-order valence-electron chi connectivity index (χ1n) is 9.68. The summed E-state index contributed by atoms with van der Waals surface area (Å²) >= 11 is 1.31. The highest BCUT2D eigenvalue weighted by atomic mass is 32.2. The number of nitrogens with one attached hydrogen (secondary N) is 1. The lowest BCUT2D eigenvalue weighted by atomic mass is 10.2. The summed E-state index contributed by atoms with van der Waals surface area (Å²) in [4.78, 5) is 16.8. The van der Waals surface area contributed by atoms with Gasteiger partial charge in [-0.3, -0.25) is 4.79 Å². The van der Waals surface area contributed by atoms with Crippen molar-refractivity contribution in [2.45, 2.75) is 57.9 Å². The highest BCUT2D eigenvalue weighted by Crippen LogP contribution is 2.21. The van der Waals surface area contributed by atoms with Crippen LogP contribution >= 0.6 is 11.3 Å². The van der Waals surface area contributed by atoms with Gasteiger partial charge in [-0.05, 0) is 31.9 Å². The quantitative estimate of drug-likeness (QED) is 0.555. The second-order valence-electron chi connectivity index (χ2n) is 6.74. The van der Waals surface area contributed by atoms with Gasteiger partial charge in [0.15, 0.2) is 0 Å². The molecule has 0 fully saturated rings. The first-order valence-corrected chi connectivity index (χ1v) is 12.0. The number of sulfonamides is 1. The van der Waals surface area contributed by atoms with Gasteiger partial charge in [0.25, 0.3) is 5.91 Å². The Morgan fingerprint density at radius 3 is 2.46 bits per heavy atom. The largest absolute Gasteiger partial charge is 0.351 e. The van der Waals surface area contributed by atoms with Crippen LogP contribution in [-0.2, 0) is 16.6 Å². The lowest BCUT2D eigenvalue weighted by Gasteiger charge is -2.21. The molecule has 0 saturated heterocycles. The van der Waals surface area contributed by atoms with Crippen molar-refractivity contribution in [1.82, 2.24) is 14.6 Å². The number of carbonyl (C=O) groups is 1. The third-order valence-corrected chi connectivity index (χ3v) is 7.02. The van der Waals surface area contributed by atoms with Crippen LogP contribution in [0.1, 0.15) is 60.6 Å². The summed E-state index contributed by atoms with van der Waals surface area (Å²) in [6.07, 6.45) is 3.58. The summed E-state index contributed by atoms with van der Waals surface area (Å²) in [5.41, 5.74) is 1.36. The molecule has 6 nitrogen and oxygen atoms in total. The van der Waals surface area contributed by atoms with E-state index in [4.69, 9.17) is 0 Å². The van der Waals surface area contributed by atoms with Crippen LogP contribution in [0.15, 0.2) is 34.5 Å². The number of unbranched alkanes of at least 4 members (excludes halogenated alkanes) is 2. The fourth-order valence-corrected chi connectivity index (χ4v) is 4.90. The van der Waals surface area contributed by atoms with Gasteiger partial charge in [0.2, 0.25) is 10.0 Å². The van der Waals surface area contributed by atoms with Gasteiger partial charge >= 0.3 is 0 Å². The van der Waals surface area contributed by atoms with Crippen molar-refractivity contribution in [3.8, 4) is 0 Å². The Kier molecular flexibility index (Phi) is 8.59. The maximum Gasteiger partial charge on any atom is 0.270 e. The maximum atomic E-state index is 13.1. The lowest BCUT2D eigenvalue weighted by Crippen LogP contribution is -2.31. The monoisotopic (exact) mass is 423 g/mol. The van der Waals surface area contributed by atoms with Crippen LogP contribution in [0.4, 0.5) is 0 Å². The van der Waals surface area contributed by atoms with Crippen LogP contribution in [0.25, 0.3) is 0 Å². The number of aromatic nitrogens is 1. The van der Waals surface area contributed by atoms with Gasteiger partial charge in [0.1, 0.15) is 10.7 Å². The molecule has 1 amide bonds. The average molecular weight is 424 g/mol. The van der Waals surface area contributed by atoms with Crippen LogP contribution in [0.2, 0.25) is 0 Å². The van der Waals surface area contributed by atoms with E-state index >= 15 is 0 Å². The average Bonchev–Trinajstić information content (AvgIpc) is 3.14. The third-order valence-electron chi connectivity index (χ3n) is 4.33. The molecule has 0 radical (unpaired) electrons. The molecule has 0 aliphatic heterocycles. The van der Waals surface area contributed by atoms with E-state index in [1.165, 1.54) is 15.6 Å². The molecule has 154 valence electrons. The zero-order valence-corrected chi connectivity index (χ0v) is 18.4. The molecule has 0 unspecified atom stereocenters. The topological polar surface area (TPSA) is 79.4 Å². The smallest absolute Gasteiger partial charge is 0.270 e. The molecule has 0 saturated carbocycles. The second kappa shape index (κ2) is 10.7. The van der Waals surface area contributed by atoms with Crippen molar-refractivity contribution < 1.29 is 13.2 Å². The minimum absolute atomic E-state index is 0.170. The van der Waals surface area contributed by atoms with E-state index in [9.17, 15) is 13.2 Å². The number of nitrogens with zero attached hydrogens (tertiary/aromatic N) is 2. The van der Waals surface area contributed by atoms with Gasteiger partial charge in [0.05, 0.1) is 11.4 Å². The van der Waals surface area contributed by atoms with E-state index < -0.39 is 10.0 Å². The number of thiazole rings is 1. The highest BCUT2D eigenvalue weighted by Gasteiger charge is 2.25. The fraction of sp³-hybridized carbons (Fsp3) is 0.500.